The van der Waals surface area contributed by atoms with E-state index >= 15 is 0 Å². The number of hydrogen-bond donors (Lipinski definition) is 3. The maximum Gasteiger partial charge on any atom is 0.417 e. The monoisotopic (exact) mass is 202 g/mol. The van der Waals surface area contributed by atoms with Gasteiger partial charge in [-0.05, 0) is 0 Å². The van der Waals surface area contributed by atoms with Crippen LogP contribution in [0.5, 0.6) is 0 Å². The number of aliphatic hydroxyl groups excluding tert-OH is 1. The summed E-state index contributed by atoms with van der Waals surface area (Å²) in [5.74, 6) is -1.77. The lowest BCUT2D eigenvalue weighted by atomic mass is 9.95. The second kappa shape index (κ2) is 3.93. The van der Waals surface area contributed by atoms with E-state index in [1.54, 1.807) is 0 Å². The van der Waals surface area contributed by atoms with E-state index in [1.165, 1.54) is 0 Å². The third kappa shape index (κ3) is 3.19. The molecule has 4 nitrogen and oxygen atoms in total. The molecule has 3 N–H and O–H groups in total. The Balaban J connectivity index is 4.62. The van der Waals surface area contributed by atoms with Crippen molar-refractivity contribution in [2.45, 2.75) is 24.6 Å². The minimum atomic E-state index is -5.05. The molecule has 0 saturated heterocycles. The number of halogens is 3. The molecule has 78 valence electrons. The van der Waals surface area contributed by atoms with E-state index in [0.717, 1.165) is 0 Å². The van der Waals surface area contributed by atoms with Crippen molar-refractivity contribution in [2.24, 2.45) is 0 Å². The Kier molecular flexibility index (Phi) is 3.68. The van der Waals surface area contributed by atoms with Gasteiger partial charge in [0, 0.05) is 13.0 Å². The maximum atomic E-state index is 12.0. The fourth-order valence-corrected chi connectivity index (χ4v) is 0.765. The molecule has 0 saturated carbocycles. The zero-order valence-corrected chi connectivity index (χ0v) is 6.51. The zero-order valence-electron chi connectivity index (χ0n) is 6.51. The first-order valence-electron chi connectivity index (χ1n) is 3.35. The van der Waals surface area contributed by atoms with E-state index in [1.807, 2.05) is 0 Å². The van der Waals surface area contributed by atoms with Crippen LogP contribution in [0, 0.1) is 0 Å². The number of alkyl halides is 3. The third-order valence-electron chi connectivity index (χ3n) is 1.50. The molecule has 0 heterocycles. The highest BCUT2D eigenvalue weighted by Gasteiger charge is 2.54. The summed E-state index contributed by atoms with van der Waals surface area (Å²) in [7, 11) is 0. The van der Waals surface area contributed by atoms with Gasteiger partial charge in [-0.3, -0.25) is 4.79 Å². The van der Waals surface area contributed by atoms with Crippen LogP contribution in [0.15, 0.2) is 0 Å². The minimum absolute atomic E-state index is 0.927. The Morgan fingerprint density at radius 3 is 2.00 bits per heavy atom. The molecule has 0 aromatic rings. The van der Waals surface area contributed by atoms with Gasteiger partial charge in [0.1, 0.15) is 0 Å². The number of rotatable bonds is 4. The van der Waals surface area contributed by atoms with Gasteiger partial charge in [0.25, 0.3) is 0 Å². The maximum absolute atomic E-state index is 12.0. The van der Waals surface area contributed by atoms with E-state index in [9.17, 15) is 18.0 Å². The van der Waals surface area contributed by atoms with Gasteiger partial charge in [-0.1, -0.05) is 0 Å². The molecule has 13 heavy (non-hydrogen) atoms. The molecule has 0 aliphatic carbocycles. The molecule has 0 radical (unpaired) electrons. The number of hydrogen-bond acceptors (Lipinski definition) is 3. The lowest BCUT2D eigenvalue weighted by Crippen LogP contribution is -2.47. The second-order valence-corrected chi connectivity index (χ2v) is 2.57. The van der Waals surface area contributed by atoms with Crippen molar-refractivity contribution in [3.63, 3.8) is 0 Å². The summed E-state index contributed by atoms with van der Waals surface area (Å²) in [6.07, 6.45) is -7.55. The summed E-state index contributed by atoms with van der Waals surface area (Å²) >= 11 is 0. The van der Waals surface area contributed by atoms with Crippen LogP contribution in [0.1, 0.15) is 12.8 Å². The van der Waals surface area contributed by atoms with Gasteiger partial charge in [-0.15, -0.1) is 0 Å². The van der Waals surface area contributed by atoms with Gasteiger partial charge in [0.15, 0.2) is 5.60 Å². The van der Waals surface area contributed by atoms with Gasteiger partial charge >= 0.3 is 12.1 Å². The van der Waals surface area contributed by atoms with Crippen LogP contribution in [0.2, 0.25) is 0 Å². The van der Waals surface area contributed by atoms with Crippen LogP contribution in [0.4, 0.5) is 13.2 Å². The summed E-state index contributed by atoms with van der Waals surface area (Å²) in [5.41, 5.74) is -3.34. The van der Waals surface area contributed by atoms with Crippen molar-refractivity contribution in [3.05, 3.63) is 0 Å². The summed E-state index contributed by atoms with van der Waals surface area (Å²) < 4.78 is 36.1. The Morgan fingerprint density at radius 2 is 1.77 bits per heavy atom. The summed E-state index contributed by atoms with van der Waals surface area (Å²) in [5, 5.41) is 25.2. The normalized spacial score (nSPS) is 16.7. The SMILES string of the molecule is O=C(O)C[C@](O)(CCO)C(F)(F)F. The van der Waals surface area contributed by atoms with Gasteiger partial charge in [-0.25, -0.2) is 0 Å². The summed E-state index contributed by atoms with van der Waals surface area (Å²) in [6, 6.07) is 0. The smallest absolute Gasteiger partial charge is 0.417 e. The van der Waals surface area contributed by atoms with Gasteiger partial charge in [0.05, 0.1) is 6.42 Å². The highest BCUT2D eigenvalue weighted by atomic mass is 19.4. The van der Waals surface area contributed by atoms with Crippen molar-refractivity contribution in [3.8, 4) is 0 Å². The Labute approximate surface area is 71.6 Å². The molecule has 0 aromatic carbocycles. The van der Waals surface area contributed by atoms with Crippen LogP contribution in [0.3, 0.4) is 0 Å². The predicted molar refractivity (Wildman–Crippen MR) is 35.0 cm³/mol. The molecule has 0 rings (SSSR count). The molecule has 0 unspecified atom stereocenters. The van der Waals surface area contributed by atoms with Crippen LogP contribution in [0.25, 0.3) is 0 Å². The van der Waals surface area contributed by atoms with Crippen molar-refractivity contribution >= 4 is 5.97 Å². The topological polar surface area (TPSA) is 77.8 Å². The predicted octanol–water partition coefficient (Wildman–Crippen LogP) is 0.137. The Bertz CT molecular complexity index is 191. The standard InChI is InChI=1S/C6H9F3O4/c7-6(8,9)5(13,1-2-10)3-4(11)12/h10,13H,1-3H2,(H,11,12)/t5-/m1/s1. The highest BCUT2D eigenvalue weighted by Crippen LogP contribution is 2.35. The molecule has 0 aliphatic rings. The highest BCUT2D eigenvalue weighted by molar-refractivity contribution is 5.68. The molecular weight excluding hydrogens is 193 g/mol. The molecule has 0 amide bonds. The van der Waals surface area contributed by atoms with Crippen molar-refractivity contribution in [1.82, 2.24) is 0 Å². The minimum Gasteiger partial charge on any atom is -0.481 e. The number of aliphatic hydroxyl groups is 2. The molecule has 0 aliphatic heterocycles. The molecule has 0 spiro atoms. The number of carboxylic acid groups (broad SMARTS) is 1. The van der Waals surface area contributed by atoms with E-state index in [4.69, 9.17) is 15.3 Å². The van der Waals surface area contributed by atoms with Crippen molar-refractivity contribution in [2.75, 3.05) is 6.61 Å². The average molecular weight is 202 g/mol. The first-order valence-corrected chi connectivity index (χ1v) is 3.35. The molecule has 0 aromatic heterocycles. The largest absolute Gasteiger partial charge is 0.481 e. The first kappa shape index (κ1) is 12.2. The lowest BCUT2D eigenvalue weighted by molar-refractivity contribution is -0.266. The summed E-state index contributed by atoms with van der Waals surface area (Å²) in [4.78, 5) is 9.99. The fourth-order valence-electron chi connectivity index (χ4n) is 0.765. The van der Waals surface area contributed by atoms with E-state index in [2.05, 4.69) is 0 Å². The first-order chi connectivity index (χ1) is 5.73. The van der Waals surface area contributed by atoms with Gasteiger partial charge in [0.2, 0.25) is 0 Å². The quantitative estimate of drug-likeness (QED) is 0.605. The van der Waals surface area contributed by atoms with Gasteiger partial charge < -0.3 is 15.3 Å². The van der Waals surface area contributed by atoms with E-state index in [-0.39, 0.29) is 0 Å². The van der Waals surface area contributed by atoms with Gasteiger partial charge in [-0.2, -0.15) is 13.2 Å². The second-order valence-electron chi connectivity index (χ2n) is 2.57. The number of aliphatic carboxylic acids is 1. The van der Waals surface area contributed by atoms with Crippen LogP contribution in [-0.2, 0) is 4.79 Å². The average Bonchev–Trinajstić information content (AvgIpc) is 1.82. The Hall–Kier alpha value is -0.820. The fraction of sp³-hybridized carbons (Fsp3) is 0.833. The van der Waals surface area contributed by atoms with Crippen molar-refractivity contribution in [1.29, 1.82) is 0 Å². The third-order valence-corrected chi connectivity index (χ3v) is 1.50. The van der Waals surface area contributed by atoms with E-state index < -0.39 is 37.2 Å². The van der Waals surface area contributed by atoms with Crippen LogP contribution >= 0.6 is 0 Å². The number of carbonyl (C=O) groups is 1. The van der Waals surface area contributed by atoms with Crippen LogP contribution < -0.4 is 0 Å². The zero-order chi connectivity index (χ0) is 10.7. The molecule has 7 heteroatoms. The summed E-state index contributed by atoms with van der Waals surface area (Å²) in [6.45, 7) is -0.927. The van der Waals surface area contributed by atoms with Crippen LogP contribution in [-0.4, -0.2) is 39.7 Å². The molecule has 1 atom stereocenters. The Morgan fingerprint density at radius 1 is 1.31 bits per heavy atom. The molecule has 0 bridgehead atoms. The lowest BCUT2D eigenvalue weighted by Gasteiger charge is -2.28. The number of carboxylic acids is 1. The van der Waals surface area contributed by atoms with E-state index in [0.29, 0.717) is 0 Å². The molecule has 0 fully saturated rings. The molecular formula is C6H9F3O4. The van der Waals surface area contributed by atoms with Crippen molar-refractivity contribution < 1.29 is 33.3 Å².